The maximum atomic E-state index is 11.8. The molecule has 98 valence electrons. The van der Waals surface area contributed by atoms with Crippen LogP contribution in [0.25, 0.3) is 0 Å². The van der Waals surface area contributed by atoms with Gasteiger partial charge in [-0.25, -0.2) is 0 Å². The minimum absolute atomic E-state index is 0.103. The Morgan fingerprint density at radius 3 is 2.58 bits per heavy atom. The number of nitrogens with one attached hydrogen (secondary N) is 2. The molecule has 0 aliphatic rings. The number of hydrogen-bond acceptors (Lipinski definition) is 2. The van der Waals surface area contributed by atoms with E-state index < -0.39 is 0 Å². The van der Waals surface area contributed by atoms with Gasteiger partial charge in [-0.1, -0.05) is 35.9 Å². The van der Waals surface area contributed by atoms with Crippen molar-refractivity contribution in [1.29, 1.82) is 0 Å². The van der Waals surface area contributed by atoms with E-state index in [9.17, 15) is 4.79 Å². The first kappa shape index (κ1) is 13.4. The summed E-state index contributed by atoms with van der Waals surface area (Å²) in [6, 6.07) is 15.0. The van der Waals surface area contributed by atoms with Crippen molar-refractivity contribution >= 4 is 28.9 Å². The van der Waals surface area contributed by atoms with Crippen molar-refractivity contribution in [2.24, 2.45) is 0 Å². The number of hydrogen-bond donors (Lipinski definition) is 2. The molecule has 0 heterocycles. The fraction of sp³-hybridized carbons (Fsp3) is 0.133. The highest BCUT2D eigenvalue weighted by Gasteiger charge is 2.06. The van der Waals surface area contributed by atoms with Crippen LogP contribution in [-0.2, 0) is 4.79 Å². The van der Waals surface area contributed by atoms with Crippen molar-refractivity contribution in [3.05, 3.63) is 59.1 Å². The van der Waals surface area contributed by atoms with Crippen LogP contribution < -0.4 is 10.6 Å². The van der Waals surface area contributed by atoms with Gasteiger partial charge < -0.3 is 10.6 Å². The predicted octanol–water partition coefficient (Wildman–Crippen LogP) is 3.70. The quantitative estimate of drug-likeness (QED) is 0.893. The third-order valence-electron chi connectivity index (χ3n) is 2.77. The lowest BCUT2D eigenvalue weighted by molar-refractivity contribution is -0.114. The summed E-state index contributed by atoms with van der Waals surface area (Å²) in [6.07, 6.45) is 0. The Balaban J connectivity index is 1.93. The second-order valence-corrected chi connectivity index (χ2v) is 4.59. The summed E-state index contributed by atoms with van der Waals surface area (Å²) in [5.74, 6) is -0.103. The maximum absolute atomic E-state index is 11.8. The highest BCUT2D eigenvalue weighted by molar-refractivity contribution is 6.31. The molecular weight excluding hydrogens is 260 g/mol. The van der Waals surface area contributed by atoms with Crippen molar-refractivity contribution in [3.63, 3.8) is 0 Å². The van der Waals surface area contributed by atoms with Gasteiger partial charge in [-0.05, 0) is 36.8 Å². The molecule has 0 saturated heterocycles. The van der Waals surface area contributed by atoms with E-state index in [1.807, 2.05) is 49.4 Å². The minimum Gasteiger partial charge on any atom is -0.376 e. The standard InChI is InChI=1S/C15H15ClN2O/c1-11-13(16)8-5-9-14(11)18-15(19)10-17-12-6-3-2-4-7-12/h2-9,17H,10H2,1H3,(H,18,19). The van der Waals surface area contributed by atoms with Gasteiger partial charge in [0.05, 0.1) is 6.54 Å². The molecule has 0 fully saturated rings. The third kappa shape index (κ3) is 3.73. The fourth-order valence-corrected chi connectivity index (χ4v) is 1.85. The predicted molar refractivity (Wildman–Crippen MR) is 79.8 cm³/mol. The van der Waals surface area contributed by atoms with Crippen LogP contribution in [0, 0.1) is 6.92 Å². The van der Waals surface area contributed by atoms with Gasteiger partial charge >= 0.3 is 0 Å². The molecule has 0 atom stereocenters. The Kier molecular flexibility index (Phi) is 4.42. The summed E-state index contributed by atoms with van der Waals surface area (Å²) < 4.78 is 0. The van der Waals surface area contributed by atoms with Crippen molar-refractivity contribution in [2.45, 2.75) is 6.92 Å². The highest BCUT2D eigenvalue weighted by Crippen LogP contribution is 2.22. The van der Waals surface area contributed by atoms with E-state index in [0.717, 1.165) is 16.9 Å². The van der Waals surface area contributed by atoms with E-state index in [1.54, 1.807) is 6.07 Å². The average molecular weight is 275 g/mol. The van der Waals surface area contributed by atoms with Crippen molar-refractivity contribution in [3.8, 4) is 0 Å². The number of para-hydroxylation sites is 1. The Hall–Kier alpha value is -2.00. The van der Waals surface area contributed by atoms with Gasteiger partial charge in [0.25, 0.3) is 0 Å². The number of benzene rings is 2. The zero-order chi connectivity index (χ0) is 13.7. The topological polar surface area (TPSA) is 41.1 Å². The molecule has 0 aliphatic carbocycles. The van der Waals surface area contributed by atoms with Crippen molar-refractivity contribution < 1.29 is 4.79 Å². The van der Waals surface area contributed by atoms with Gasteiger partial charge in [-0.3, -0.25) is 4.79 Å². The lowest BCUT2D eigenvalue weighted by Crippen LogP contribution is -2.22. The van der Waals surface area contributed by atoms with Crippen LogP contribution in [0.2, 0.25) is 5.02 Å². The average Bonchev–Trinajstić information content (AvgIpc) is 2.43. The van der Waals surface area contributed by atoms with Crippen LogP contribution in [0.3, 0.4) is 0 Å². The van der Waals surface area contributed by atoms with Gasteiger partial charge in [-0.15, -0.1) is 0 Å². The van der Waals surface area contributed by atoms with Crippen LogP contribution in [-0.4, -0.2) is 12.5 Å². The Labute approximate surface area is 117 Å². The van der Waals surface area contributed by atoms with E-state index >= 15 is 0 Å². The third-order valence-corrected chi connectivity index (χ3v) is 3.18. The van der Waals surface area contributed by atoms with Gasteiger partial charge in [0.1, 0.15) is 0 Å². The van der Waals surface area contributed by atoms with E-state index in [0.29, 0.717) is 5.02 Å². The van der Waals surface area contributed by atoms with E-state index in [1.165, 1.54) is 0 Å². The SMILES string of the molecule is Cc1c(Cl)cccc1NC(=O)CNc1ccccc1. The first-order valence-electron chi connectivity index (χ1n) is 6.00. The van der Waals surface area contributed by atoms with Crippen LogP contribution in [0.15, 0.2) is 48.5 Å². The second-order valence-electron chi connectivity index (χ2n) is 4.18. The smallest absolute Gasteiger partial charge is 0.243 e. The second kappa shape index (κ2) is 6.25. The Bertz CT molecular complexity index is 570. The summed E-state index contributed by atoms with van der Waals surface area (Å²) in [5, 5.41) is 6.54. The maximum Gasteiger partial charge on any atom is 0.243 e. The molecule has 2 N–H and O–H groups in total. The van der Waals surface area contributed by atoms with Crippen LogP contribution >= 0.6 is 11.6 Å². The first-order valence-corrected chi connectivity index (χ1v) is 6.38. The van der Waals surface area contributed by atoms with Gasteiger partial charge in [0.2, 0.25) is 5.91 Å². The van der Waals surface area contributed by atoms with Crippen LogP contribution in [0.5, 0.6) is 0 Å². The summed E-state index contributed by atoms with van der Waals surface area (Å²) in [5.41, 5.74) is 2.53. The van der Waals surface area contributed by atoms with Gasteiger partial charge in [-0.2, -0.15) is 0 Å². The van der Waals surface area contributed by atoms with Gasteiger partial charge in [0, 0.05) is 16.4 Å². The zero-order valence-electron chi connectivity index (χ0n) is 10.6. The number of amides is 1. The van der Waals surface area contributed by atoms with Crippen molar-refractivity contribution in [1.82, 2.24) is 0 Å². The Morgan fingerprint density at radius 1 is 1.11 bits per heavy atom. The normalized spacial score (nSPS) is 10.0. The van der Waals surface area contributed by atoms with Gasteiger partial charge in [0.15, 0.2) is 0 Å². The molecule has 3 nitrogen and oxygen atoms in total. The monoisotopic (exact) mass is 274 g/mol. The molecule has 19 heavy (non-hydrogen) atoms. The largest absolute Gasteiger partial charge is 0.376 e. The lowest BCUT2D eigenvalue weighted by atomic mass is 10.2. The lowest BCUT2D eigenvalue weighted by Gasteiger charge is -2.10. The number of halogens is 1. The summed E-state index contributed by atoms with van der Waals surface area (Å²) >= 11 is 6.00. The molecule has 2 aromatic rings. The molecule has 0 saturated carbocycles. The molecule has 0 bridgehead atoms. The molecule has 2 aromatic carbocycles. The molecule has 0 radical (unpaired) electrons. The number of carbonyl (C=O) groups excluding carboxylic acids is 1. The van der Waals surface area contributed by atoms with Crippen LogP contribution in [0.1, 0.15) is 5.56 Å². The van der Waals surface area contributed by atoms with E-state index in [2.05, 4.69) is 10.6 Å². The molecule has 4 heteroatoms. The van der Waals surface area contributed by atoms with Crippen LogP contribution in [0.4, 0.5) is 11.4 Å². The molecular formula is C15H15ClN2O. The molecule has 0 spiro atoms. The zero-order valence-corrected chi connectivity index (χ0v) is 11.4. The summed E-state index contributed by atoms with van der Waals surface area (Å²) in [6.45, 7) is 2.10. The fourth-order valence-electron chi connectivity index (χ4n) is 1.68. The Morgan fingerprint density at radius 2 is 1.84 bits per heavy atom. The van der Waals surface area contributed by atoms with E-state index in [-0.39, 0.29) is 12.5 Å². The highest BCUT2D eigenvalue weighted by atomic mass is 35.5. The molecule has 0 unspecified atom stereocenters. The molecule has 2 rings (SSSR count). The molecule has 0 aliphatic heterocycles. The first-order chi connectivity index (χ1) is 9.16. The summed E-state index contributed by atoms with van der Waals surface area (Å²) in [7, 11) is 0. The number of carbonyl (C=O) groups is 1. The molecule has 1 amide bonds. The minimum atomic E-state index is -0.103. The van der Waals surface area contributed by atoms with Crippen molar-refractivity contribution in [2.75, 3.05) is 17.2 Å². The summed E-state index contributed by atoms with van der Waals surface area (Å²) in [4.78, 5) is 11.8. The number of rotatable bonds is 4. The molecule has 0 aromatic heterocycles. The van der Waals surface area contributed by atoms with E-state index in [4.69, 9.17) is 11.6 Å². The number of anilines is 2.